The van der Waals surface area contributed by atoms with Crippen LogP contribution < -0.4 is 0 Å². The topological polar surface area (TPSA) is 43.1 Å². The lowest BCUT2D eigenvalue weighted by atomic mass is 10.1. The van der Waals surface area contributed by atoms with Crippen LogP contribution in [-0.4, -0.2) is 4.92 Å². The highest BCUT2D eigenvalue weighted by molar-refractivity contribution is 5.52. The maximum absolute atomic E-state index is 10.5. The molecule has 2 rings (SSSR count). The van der Waals surface area contributed by atoms with Gasteiger partial charge in [-0.15, -0.1) is 0 Å². The van der Waals surface area contributed by atoms with Gasteiger partial charge in [0.1, 0.15) is 0 Å². The van der Waals surface area contributed by atoms with Crippen LogP contribution in [0.3, 0.4) is 0 Å². The second-order valence-corrected chi connectivity index (χ2v) is 3.94. The maximum Gasteiger partial charge on any atom is 0.269 e. The Morgan fingerprint density at radius 2 is 1.67 bits per heavy atom. The number of allylic oxidation sites excluding steroid dienone is 1. The summed E-state index contributed by atoms with van der Waals surface area (Å²) in [4.78, 5) is 10.1. The fraction of sp³-hybridized carbons (Fsp3) is 0.0667. The summed E-state index contributed by atoms with van der Waals surface area (Å²) in [6, 6.07) is 16.7. The number of hydrogen-bond acceptors (Lipinski definition) is 2. The number of nitro benzene ring substituents is 1. The molecule has 3 heteroatoms. The largest absolute Gasteiger partial charge is 0.269 e. The van der Waals surface area contributed by atoms with Gasteiger partial charge < -0.3 is 0 Å². The zero-order valence-corrected chi connectivity index (χ0v) is 9.82. The molecule has 0 saturated carbocycles. The summed E-state index contributed by atoms with van der Waals surface area (Å²) in [5.74, 6) is 0. The molecular weight excluding hydrogens is 226 g/mol. The molecule has 0 aliphatic rings. The van der Waals surface area contributed by atoms with E-state index >= 15 is 0 Å². The Labute approximate surface area is 106 Å². The number of benzene rings is 2. The molecule has 0 bridgehead atoms. The first-order chi connectivity index (χ1) is 8.75. The quantitative estimate of drug-likeness (QED) is 0.600. The standard InChI is InChI=1S/C15H13NO2/c17-16(18)15-11-9-14(10-12-15)8-4-7-13-5-2-1-3-6-13/h1-6,8-12H,7H2. The van der Waals surface area contributed by atoms with Crippen molar-refractivity contribution in [1.82, 2.24) is 0 Å². The molecule has 2 aromatic rings. The first-order valence-corrected chi connectivity index (χ1v) is 5.70. The Bertz CT molecular complexity index is 544. The highest BCUT2D eigenvalue weighted by atomic mass is 16.6. The van der Waals surface area contributed by atoms with Crippen molar-refractivity contribution >= 4 is 11.8 Å². The van der Waals surface area contributed by atoms with E-state index in [1.165, 1.54) is 17.7 Å². The predicted molar refractivity (Wildman–Crippen MR) is 72.3 cm³/mol. The summed E-state index contributed by atoms with van der Waals surface area (Å²) in [6.45, 7) is 0. The third-order valence-electron chi connectivity index (χ3n) is 2.61. The first kappa shape index (κ1) is 12.0. The van der Waals surface area contributed by atoms with Crippen LogP contribution >= 0.6 is 0 Å². The minimum atomic E-state index is -0.391. The van der Waals surface area contributed by atoms with Gasteiger partial charge in [0.2, 0.25) is 0 Å². The van der Waals surface area contributed by atoms with Gasteiger partial charge in [0, 0.05) is 12.1 Å². The SMILES string of the molecule is O=[N+]([O-])c1ccc(C=CCc2ccccc2)cc1. The summed E-state index contributed by atoms with van der Waals surface area (Å²) in [5.41, 5.74) is 2.34. The van der Waals surface area contributed by atoms with Crippen molar-refractivity contribution < 1.29 is 4.92 Å². The highest BCUT2D eigenvalue weighted by Crippen LogP contribution is 2.13. The van der Waals surface area contributed by atoms with E-state index in [1.807, 2.05) is 24.3 Å². The molecule has 0 unspecified atom stereocenters. The molecule has 0 fully saturated rings. The van der Waals surface area contributed by atoms with Crippen molar-refractivity contribution in [2.75, 3.05) is 0 Å². The molecule has 0 radical (unpaired) electrons. The molecule has 3 nitrogen and oxygen atoms in total. The first-order valence-electron chi connectivity index (χ1n) is 5.70. The fourth-order valence-electron chi connectivity index (χ4n) is 1.65. The molecule has 90 valence electrons. The number of hydrogen-bond donors (Lipinski definition) is 0. The lowest BCUT2D eigenvalue weighted by molar-refractivity contribution is -0.384. The average Bonchev–Trinajstić information content (AvgIpc) is 2.40. The highest BCUT2D eigenvalue weighted by Gasteiger charge is 2.01. The van der Waals surface area contributed by atoms with Crippen LogP contribution in [0.25, 0.3) is 6.08 Å². The van der Waals surface area contributed by atoms with Gasteiger partial charge in [-0.2, -0.15) is 0 Å². The van der Waals surface area contributed by atoms with Gasteiger partial charge in [0.15, 0.2) is 0 Å². The second-order valence-electron chi connectivity index (χ2n) is 3.94. The van der Waals surface area contributed by atoms with Gasteiger partial charge in [0.05, 0.1) is 4.92 Å². The molecule has 0 aliphatic carbocycles. The molecule has 0 aromatic heterocycles. The van der Waals surface area contributed by atoms with Crippen LogP contribution in [-0.2, 0) is 6.42 Å². The van der Waals surface area contributed by atoms with Crippen LogP contribution in [0.4, 0.5) is 5.69 Å². The van der Waals surface area contributed by atoms with E-state index in [4.69, 9.17) is 0 Å². The smallest absolute Gasteiger partial charge is 0.258 e. The molecule has 0 amide bonds. The average molecular weight is 239 g/mol. The zero-order valence-electron chi connectivity index (χ0n) is 9.82. The van der Waals surface area contributed by atoms with Crippen LogP contribution in [0.2, 0.25) is 0 Å². The Morgan fingerprint density at radius 1 is 1.00 bits per heavy atom. The molecule has 0 spiro atoms. The van der Waals surface area contributed by atoms with Crippen molar-refractivity contribution in [3.8, 4) is 0 Å². The number of nitro groups is 1. The second kappa shape index (κ2) is 5.77. The third kappa shape index (κ3) is 3.28. The zero-order chi connectivity index (χ0) is 12.8. The minimum Gasteiger partial charge on any atom is -0.258 e. The number of non-ortho nitro benzene ring substituents is 1. The monoisotopic (exact) mass is 239 g/mol. The van der Waals surface area contributed by atoms with Crippen molar-refractivity contribution in [1.29, 1.82) is 0 Å². The van der Waals surface area contributed by atoms with Crippen LogP contribution in [0.15, 0.2) is 60.7 Å². The Kier molecular flexibility index (Phi) is 3.86. The molecule has 2 aromatic carbocycles. The summed E-state index contributed by atoms with van der Waals surface area (Å²) in [6.07, 6.45) is 4.88. The van der Waals surface area contributed by atoms with Crippen LogP contribution in [0.5, 0.6) is 0 Å². The minimum absolute atomic E-state index is 0.121. The fourth-order valence-corrected chi connectivity index (χ4v) is 1.65. The van der Waals surface area contributed by atoms with Crippen molar-refractivity contribution in [3.05, 3.63) is 81.9 Å². The van der Waals surface area contributed by atoms with Crippen molar-refractivity contribution in [3.63, 3.8) is 0 Å². The molecule has 0 aliphatic heterocycles. The summed E-state index contributed by atoms with van der Waals surface area (Å²) >= 11 is 0. The predicted octanol–water partition coefficient (Wildman–Crippen LogP) is 3.85. The lowest BCUT2D eigenvalue weighted by Gasteiger charge is -1.95. The molecule has 0 heterocycles. The van der Waals surface area contributed by atoms with Gasteiger partial charge in [-0.05, 0) is 29.7 Å². The lowest BCUT2D eigenvalue weighted by Crippen LogP contribution is -1.86. The van der Waals surface area contributed by atoms with Gasteiger partial charge in [-0.1, -0.05) is 42.5 Å². The molecule has 18 heavy (non-hydrogen) atoms. The number of nitrogens with zero attached hydrogens (tertiary/aromatic N) is 1. The van der Waals surface area contributed by atoms with Gasteiger partial charge in [-0.3, -0.25) is 10.1 Å². The third-order valence-corrected chi connectivity index (χ3v) is 2.61. The van der Waals surface area contributed by atoms with Crippen LogP contribution in [0, 0.1) is 10.1 Å². The van der Waals surface area contributed by atoms with Gasteiger partial charge in [-0.25, -0.2) is 0 Å². The summed E-state index contributed by atoms with van der Waals surface area (Å²) < 4.78 is 0. The Morgan fingerprint density at radius 3 is 2.28 bits per heavy atom. The van der Waals surface area contributed by atoms with E-state index in [9.17, 15) is 10.1 Å². The normalized spacial score (nSPS) is 10.7. The molecule has 0 atom stereocenters. The van der Waals surface area contributed by atoms with E-state index in [0.717, 1.165) is 12.0 Å². The van der Waals surface area contributed by atoms with Gasteiger partial charge in [0.25, 0.3) is 5.69 Å². The van der Waals surface area contributed by atoms with E-state index < -0.39 is 4.92 Å². The molecule has 0 saturated heterocycles. The Hall–Kier alpha value is -2.42. The van der Waals surface area contributed by atoms with E-state index in [-0.39, 0.29) is 5.69 Å². The van der Waals surface area contributed by atoms with Crippen LogP contribution in [0.1, 0.15) is 11.1 Å². The number of rotatable bonds is 4. The molecular formula is C15H13NO2. The van der Waals surface area contributed by atoms with E-state index in [0.29, 0.717) is 0 Å². The molecule has 0 N–H and O–H groups in total. The Balaban J connectivity index is 1.99. The van der Waals surface area contributed by atoms with E-state index in [1.54, 1.807) is 12.1 Å². The van der Waals surface area contributed by atoms with Gasteiger partial charge >= 0.3 is 0 Å². The van der Waals surface area contributed by atoms with Crippen molar-refractivity contribution in [2.24, 2.45) is 0 Å². The summed E-state index contributed by atoms with van der Waals surface area (Å²) in [7, 11) is 0. The summed E-state index contributed by atoms with van der Waals surface area (Å²) in [5, 5.41) is 10.5. The van der Waals surface area contributed by atoms with E-state index in [2.05, 4.69) is 18.2 Å². The van der Waals surface area contributed by atoms with Crippen molar-refractivity contribution in [2.45, 2.75) is 6.42 Å². The maximum atomic E-state index is 10.5.